The second kappa shape index (κ2) is 9.28. The third kappa shape index (κ3) is 6.37. The van der Waals surface area contributed by atoms with Crippen molar-refractivity contribution in [3.05, 3.63) is 48.0 Å². The second-order valence-electron chi connectivity index (χ2n) is 7.43. The van der Waals surface area contributed by atoms with Gasteiger partial charge in [-0.2, -0.15) is 0 Å². The molecule has 1 N–H and O–H groups in total. The maximum atomic E-state index is 12.5. The van der Waals surface area contributed by atoms with Crippen molar-refractivity contribution in [3.63, 3.8) is 0 Å². The third-order valence-electron chi connectivity index (χ3n) is 4.79. The fourth-order valence-electron chi connectivity index (χ4n) is 3.25. The molecule has 1 aliphatic rings. The van der Waals surface area contributed by atoms with Crippen LogP contribution < -0.4 is 14.8 Å². The Labute approximate surface area is 177 Å². The third-order valence-corrected chi connectivity index (χ3v) is 4.79. The van der Waals surface area contributed by atoms with Crippen molar-refractivity contribution in [2.24, 2.45) is 0 Å². The van der Waals surface area contributed by atoms with E-state index >= 15 is 0 Å². The molecule has 2 aromatic carbocycles. The molecule has 3 rings (SSSR count). The molecule has 0 saturated heterocycles. The number of carbonyl (C=O) groups is 2. The quantitative estimate of drug-likeness (QED) is 0.721. The van der Waals surface area contributed by atoms with E-state index in [0.717, 1.165) is 11.1 Å². The molecule has 6 nitrogen and oxygen atoms in total. The normalized spacial score (nSPS) is 15.1. The number of nitrogens with zero attached hydrogens (tertiary/aromatic N) is 1. The molecule has 0 saturated carbocycles. The predicted molar refractivity (Wildman–Crippen MR) is 108 cm³/mol. The van der Waals surface area contributed by atoms with Crippen LogP contribution in [0.2, 0.25) is 0 Å². The molecule has 9 heteroatoms. The number of amides is 2. The number of halogens is 3. The lowest BCUT2D eigenvalue weighted by Gasteiger charge is -2.13. The lowest BCUT2D eigenvalue weighted by Crippen LogP contribution is -2.35. The molecule has 1 aliphatic heterocycles. The molecule has 0 unspecified atom stereocenters. The minimum absolute atomic E-state index is 0.108. The first-order valence-electron chi connectivity index (χ1n) is 9.73. The summed E-state index contributed by atoms with van der Waals surface area (Å²) in [6.07, 6.45) is -4.19. The first kappa shape index (κ1) is 22.5. The Hall–Kier alpha value is -3.23. The Morgan fingerprint density at radius 3 is 2.58 bits per heavy atom. The first-order chi connectivity index (χ1) is 14.6. The van der Waals surface area contributed by atoms with Gasteiger partial charge in [0.1, 0.15) is 17.6 Å². The number of hydrogen-bond donors (Lipinski definition) is 1. The van der Waals surface area contributed by atoms with E-state index in [9.17, 15) is 22.8 Å². The van der Waals surface area contributed by atoms with E-state index < -0.39 is 6.36 Å². The average Bonchev–Trinajstić information content (AvgIpc) is 3.11. The lowest BCUT2D eigenvalue weighted by atomic mass is 10.0. The summed E-state index contributed by atoms with van der Waals surface area (Å²) in [5.41, 5.74) is 2.23. The van der Waals surface area contributed by atoms with Crippen LogP contribution in [0, 0.1) is 0 Å². The van der Waals surface area contributed by atoms with Gasteiger partial charge in [0.2, 0.25) is 11.8 Å². The molecular formula is C22H23F3N2O4. The van der Waals surface area contributed by atoms with Crippen molar-refractivity contribution in [1.29, 1.82) is 0 Å². The smallest absolute Gasteiger partial charge is 0.488 e. The van der Waals surface area contributed by atoms with Gasteiger partial charge in [0, 0.05) is 33.4 Å². The minimum atomic E-state index is -4.75. The van der Waals surface area contributed by atoms with Gasteiger partial charge in [-0.15, -0.1) is 13.2 Å². The van der Waals surface area contributed by atoms with Gasteiger partial charge in [0.05, 0.1) is 6.54 Å². The maximum absolute atomic E-state index is 12.5. The van der Waals surface area contributed by atoms with Crippen LogP contribution >= 0.6 is 0 Å². The Bertz CT molecular complexity index is 960. The van der Waals surface area contributed by atoms with Crippen molar-refractivity contribution in [1.82, 2.24) is 10.2 Å². The molecule has 31 heavy (non-hydrogen) atoms. The van der Waals surface area contributed by atoms with Gasteiger partial charge in [-0.3, -0.25) is 9.59 Å². The minimum Gasteiger partial charge on any atom is -0.488 e. The molecule has 0 radical (unpaired) electrons. The highest BCUT2D eigenvalue weighted by molar-refractivity contribution is 5.83. The molecule has 1 atom stereocenters. The van der Waals surface area contributed by atoms with Gasteiger partial charge >= 0.3 is 6.36 Å². The highest BCUT2D eigenvalue weighted by Crippen LogP contribution is 2.34. The van der Waals surface area contributed by atoms with E-state index in [4.69, 9.17) is 4.74 Å². The summed E-state index contributed by atoms with van der Waals surface area (Å²) in [4.78, 5) is 24.9. The summed E-state index contributed by atoms with van der Waals surface area (Å²) in [6, 6.07) is 11.2. The van der Waals surface area contributed by atoms with Crippen LogP contribution in [-0.4, -0.2) is 49.8 Å². The Morgan fingerprint density at radius 2 is 1.87 bits per heavy atom. The van der Waals surface area contributed by atoms with Crippen LogP contribution in [0.5, 0.6) is 11.5 Å². The predicted octanol–water partition coefficient (Wildman–Crippen LogP) is 3.54. The monoisotopic (exact) mass is 436 g/mol. The van der Waals surface area contributed by atoms with Gasteiger partial charge < -0.3 is 19.7 Å². The molecule has 1 heterocycles. The highest BCUT2D eigenvalue weighted by Gasteiger charge is 2.31. The summed E-state index contributed by atoms with van der Waals surface area (Å²) in [6.45, 7) is 0.300. The van der Waals surface area contributed by atoms with Crippen molar-refractivity contribution in [2.45, 2.75) is 31.7 Å². The van der Waals surface area contributed by atoms with Crippen molar-refractivity contribution < 1.29 is 32.2 Å². The zero-order valence-corrected chi connectivity index (χ0v) is 17.2. The van der Waals surface area contributed by atoms with Gasteiger partial charge in [-0.05, 0) is 41.0 Å². The standard InChI is InChI=1S/C22H23F3N2O4/c1-27(2)21(29)9-8-20(28)26-13-18-12-16-10-15(6-7-19(16)30-18)14-4-3-5-17(11-14)31-22(23,24)25/h3-7,10-11,18H,8-9,12-13H2,1-2H3,(H,26,28)/t18-/m1/s1. The number of carbonyl (C=O) groups excluding carboxylic acids is 2. The van der Waals surface area contributed by atoms with Gasteiger partial charge in [-0.1, -0.05) is 18.2 Å². The number of fused-ring (bicyclic) bond motifs is 1. The molecule has 166 valence electrons. The van der Waals surface area contributed by atoms with Crippen molar-refractivity contribution in [2.75, 3.05) is 20.6 Å². The van der Waals surface area contributed by atoms with Crippen LogP contribution in [0.25, 0.3) is 11.1 Å². The number of ether oxygens (including phenoxy) is 2. The number of hydrogen-bond acceptors (Lipinski definition) is 4. The summed E-state index contributed by atoms with van der Waals surface area (Å²) in [5.74, 6) is 0.0531. The molecule has 0 fully saturated rings. The fraction of sp³-hybridized carbons (Fsp3) is 0.364. The van der Waals surface area contributed by atoms with E-state index in [1.54, 1.807) is 32.3 Å². The maximum Gasteiger partial charge on any atom is 0.573 e. The summed E-state index contributed by atoms with van der Waals surface area (Å²) < 4.78 is 47.2. The van der Waals surface area contributed by atoms with E-state index in [0.29, 0.717) is 24.3 Å². The Kier molecular flexibility index (Phi) is 6.72. The van der Waals surface area contributed by atoms with E-state index in [1.165, 1.54) is 23.1 Å². The molecular weight excluding hydrogens is 413 g/mol. The zero-order chi connectivity index (χ0) is 22.6. The second-order valence-corrected chi connectivity index (χ2v) is 7.43. The molecule has 0 bridgehead atoms. The summed E-state index contributed by atoms with van der Waals surface area (Å²) >= 11 is 0. The van der Waals surface area contributed by atoms with E-state index in [1.807, 2.05) is 6.07 Å². The average molecular weight is 436 g/mol. The fourth-order valence-corrected chi connectivity index (χ4v) is 3.25. The molecule has 2 aromatic rings. The van der Waals surface area contributed by atoms with E-state index in [-0.39, 0.29) is 36.5 Å². The number of benzene rings is 2. The molecule has 2 amide bonds. The van der Waals surface area contributed by atoms with Crippen LogP contribution in [0.3, 0.4) is 0 Å². The largest absolute Gasteiger partial charge is 0.573 e. The Morgan fingerprint density at radius 1 is 1.13 bits per heavy atom. The Balaban J connectivity index is 1.57. The van der Waals surface area contributed by atoms with Crippen LogP contribution in [0.4, 0.5) is 13.2 Å². The lowest BCUT2D eigenvalue weighted by molar-refractivity contribution is -0.274. The van der Waals surface area contributed by atoms with Crippen LogP contribution in [0.15, 0.2) is 42.5 Å². The van der Waals surface area contributed by atoms with Crippen LogP contribution in [0.1, 0.15) is 18.4 Å². The molecule has 0 spiro atoms. The number of nitrogens with one attached hydrogen (secondary N) is 1. The van der Waals surface area contributed by atoms with Crippen LogP contribution in [-0.2, 0) is 16.0 Å². The zero-order valence-electron chi connectivity index (χ0n) is 17.2. The van der Waals surface area contributed by atoms with Gasteiger partial charge in [0.25, 0.3) is 0 Å². The highest BCUT2D eigenvalue weighted by atomic mass is 19.4. The molecule has 0 aliphatic carbocycles. The number of rotatable bonds is 7. The van der Waals surface area contributed by atoms with E-state index in [2.05, 4.69) is 10.1 Å². The molecule has 0 aromatic heterocycles. The van der Waals surface area contributed by atoms with Gasteiger partial charge in [-0.25, -0.2) is 0 Å². The van der Waals surface area contributed by atoms with Crippen molar-refractivity contribution >= 4 is 11.8 Å². The first-order valence-corrected chi connectivity index (χ1v) is 9.73. The number of alkyl halides is 3. The summed E-state index contributed by atoms with van der Waals surface area (Å²) in [7, 11) is 3.27. The van der Waals surface area contributed by atoms with Gasteiger partial charge in [0.15, 0.2) is 0 Å². The summed E-state index contributed by atoms with van der Waals surface area (Å²) in [5, 5.41) is 2.77. The SMILES string of the molecule is CN(C)C(=O)CCC(=O)NC[C@H]1Cc2cc(-c3cccc(OC(F)(F)F)c3)ccc2O1. The van der Waals surface area contributed by atoms with Crippen molar-refractivity contribution in [3.8, 4) is 22.6 Å². The topological polar surface area (TPSA) is 67.9 Å².